The Hall–Kier alpha value is 0.359. The summed E-state index contributed by atoms with van der Waals surface area (Å²) in [5.41, 5.74) is 0. The van der Waals surface area contributed by atoms with E-state index in [1.807, 2.05) is 25.9 Å². The van der Waals surface area contributed by atoms with Crippen LogP contribution in [0.15, 0.2) is 0 Å². The van der Waals surface area contributed by atoms with Crippen LogP contribution < -0.4 is 0 Å². The van der Waals surface area contributed by atoms with Crippen LogP contribution in [0.25, 0.3) is 0 Å². The molecule has 21 heavy (non-hydrogen) atoms. The maximum atomic E-state index is 9.28. The molecule has 2 unspecified atom stereocenters. The molecule has 0 aromatic heterocycles. The van der Waals surface area contributed by atoms with Crippen molar-refractivity contribution in [1.82, 2.24) is 9.80 Å². The molecule has 0 aromatic rings. The van der Waals surface area contributed by atoms with Gasteiger partial charge in [0, 0.05) is 30.2 Å². The van der Waals surface area contributed by atoms with E-state index in [0.717, 1.165) is 26.2 Å². The molecule has 4 nitrogen and oxygen atoms in total. The molecule has 135 valence electrons. The van der Waals surface area contributed by atoms with E-state index in [2.05, 4.69) is 18.7 Å². The van der Waals surface area contributed by atoms with Crippen molar-refractivity contribution in [2.24, 2.45) is 0 Å². The molecular weight excluding hydrogens is 316 g/mol. The molecule has 0 fully saturated rings. The minimum Gasteiger partial charge on any atom is -0.392 e. The first-order valence-electron chi connectivity index (χ1n) is 8.06. The molecule has 0 saturated heterocycles. The van der Waals surface area contributed by atoms with Crippen molar-refractivity contribution < 1.29 is 27.3 Å². The van der Waals surface area contributed by atoms with Crippen molar-refractivity contribution in [1.29, 1.82) is 0 Å². The minimum atomic E-state index is -0.199. The third kappa shape index (κ3) is 25.6. The fourth-order valence-electron chi connectivity index (χ4n) is 1.96. The molecule has 0 aliphatic rings. The summed E-state index contributed by atoms with van der Waals surface area (Å²) in [5, 5.41) is 18.0. The van der Waals surface area contributed by atoms with Crippen LogP contribution in [0.4, 0.5) is 0 Å². The van der Waals surface area contributed by atoms with Crippen LogP contribution in [0, 0.1) is 0 Å². The van der Waals surface area contributed by atoms with Gasteiger partial charge in [0.2, 0.25) is 0 Å². The average molecular weight is 354 g/mol. The second-order valence-corrected chi connectivity index (χ2v) is 5.97. The number of hydrogen-bond acceptors (Lipinski definition) is 4. The van der Waals surface area contributed by atoms with Crippen LogP contribution in [-0.2, 0) is 17.1 Å². The SMILES string of the molecule is CC(O)CN(C)C.CCCCN(CCCC)CC(C)O.[Cu]. The Morgan fingerprint density at radius 3 is 1.38 bits per heavy atom. The Labute approximate surface area is 143 Å². The van der Waals surface area contributed by atoms with E-state index in [1.165, 1.54) is 25.7 Å². The monoisotopic (exact) mass is 353 g/mol. The number of aliphatic hydroxyl groups is 2. The second-order valence-electron chi connectivity index (χ2n) is 5.97. The summed E-state index contributed by atoms with van der Waals surface area (Å²) in [4.78, 5) is 4.32. The third-order valence-corrected chi connectivity index (χ3v) is 2.81. The van der Waals surface area contributed by atoms with Gasteiger partial charge in [-0.05, 0) is 53.9 Å². The number of hydrogen-bond donors (Lipinski definition) is 2. The molecule has 5 heteroatoms. The van der Waals surface area contributed by atoms with Crippen LogP contribution in [-0.4, -0.2) is 72.5 Å². The van der Waals surface area contributed by atoms with Gasteiger partial charge in [0.15, 0.2) is 0 Å². The third-order valence-electron chi connectivity index (χ3n) is 2.81. The Morgan fingerprint density at radius 2 is 1.19 bits per heavy atom. The van der Waals surface area contributed by atoms with Gasteiger partial charge < -0.3 is 20.0 Å². The Bertz CT molecular complexity index is 177. The first kappa shape index (κ1) is 26.3. The van der Waals surface area contributed by atoms with E-state index in [9.17, 15) is 5.11 Å². The maximum Gasteiger partial charge on any atom is 0.0639 e. The van der Waals surface area contributed by atoms with Gasteiger partial charge in [0.25, 0.3) is 0 Å². The molecule has 0 bridgehead atoms. The number of aliphatic hydroxyl groups excluding tert-OH is 2. The largest absolute Gasteiger partial charge is 0.392 e. The number of rotatable bonds is 10. The predicted molar refractivity (Wildman–Crippen MR) is 88.2 cm³/mol. The van der Waals surface area contributed by atoms with Gasteiger partial charge in [-0.15, -0.1) is 0 Å². The quantitative estimate of drug-likeness (QED) is 0.591. The van der Waals surface area contributed by atoms with Crippen LogP contribution in [0.2, 0.25) is 0 Å². The zero-order valence-electron chi connectivity index (χ0n) is 14.9. The summed E-state index contributed by atoms with van der Waals surface area (Å²) < 4.78 is 0. The topological polar surface area (TPSA) is 46.9 Å². The summed E-state index contributed by atoms with van der Waals surface area (Å²) >= 11 is 0. The van der Waals surface area contributed by atoms with Crippen molar-refractivity contribution in [3.05, 3.63) is 0 Å². The van der Waals surface area contributed by atoms with Crippen LogP contribution in [0.3, 0.4) is 0 Å². The van der Waals surface area contributed by atoms with E-state index >= 15 is 0 Å². The predicted octanol–water partition coefficient (Wildman–Crippen LogP) is 2.20. The Morgan fingerprint density at radius 1 is 0.810 bits per heavy atom. The zero-order valence-corrected chi connectivity index (χ0v) is 15.8. The molecule has 2 atom stereocenters. The van der Waals surface area contributed by atoms with Crippen molar-refractivity contribution >= 4 is 0 Å². The van der Waals surface area contributed by atoms with Gasteiger partial charge in [-0.25, -0.2) is 0 Å². The number of unbranched alkanes of at least 4 members (excludes halogenated alkanes) is 2. The van der Waals surface area contributed by atoms with Gasteiger partial charge in [-0.1, -0.05) is 26.7 Å². The van der Waals surface area contributed by atoms with E-state index in [-0.39, 0.29) is 29.3 Å². The van der Waals surface area contributed by atoms with Gasteiger partial charge in [-0.3, -0.25) is 0 Å². The van der Waals surface area contributed by atoms with Crippen molar-refractivity contribution in [2.75, 3.05) is 40.3 Å². The molecule has 0 aromatic carbocycles. The summed E-state index contributed by atoms with van der Waals surface area (Å²) in [6.45, 7) is 11.9. The number of nitrogens with zero attached hydrogens (tertiary/aromatic N) is 2. The van der Waals surface area contributed by atoms with Crippen LogP contribution >= 0.6 is 0 Å². The second kappa shape index (κ2) is 18.4. The van der Waals surface area contributed by atoms with Crippen molar-refractivity contribution in [3.8, 4) is 0 Å². The van der Waals surface area contributed by atoms with Crippen molar-refractivity contribution in [3.63, 3.8) is 0 Å². The van der Waals surface area contributed by atoms with Gasteiger partial charge in [0.1, 0.15) is 0 Å². The van der Waals surface area contributed by atoms with E-state index in [4.69, 9.17) is 5.11 Å². The summed E-state index contributed by atoms with van der Waals surface area (Å²) in [6, 6.07) is 0. The molecule has 0 heterocycles. The minimum absolute atomic E-state index is 0. The zero-order chi connectivity index (χ0) is 16.0. The van der Waals surface area contributed by atoms with Gasteiger partial charge >= 0.3 is 0 Å². The fourth-order valence-corrected chi connectivity index (χ4v) is 1.96. The van der Waals surface area contributed by atoms with Gasteiger partial charge in [0.05, 0.1) is 12.2 Å². The molecular formula is C16H38CuN2O2. The number of likely N-dealkylation sites (N-methyl/N-ethyl adjacent to an activating group) is 1. The van der Waals surface area contributed by atoms with E-state index in [1.54, 1.807) is 6.92 Å². The fraction of sp³-hybridized carbons (Fsp3) is 1.00. The van der Waals surface area contributed by atoms with Crippen molar-refractivity contribution in [2.45, 2.75) is 65.6 Å². The molecule has 0 saturated carbocycles. The standard InChI is InChI=1S/C11H25NO.C5H13NO.Cu/c1-4-6-8-12(9-7-5-2)10-11(3)13;1-5(7)4-6(2)3;/h11,13H,4-10H2,1-3H3;5,7H,4H2,1-3H3;. The molecule has 0 spiro atoms. The Balaban J connectivity index is -0.000000347. The summed E-state index contributed by atoms with van der Waals surface area (Å²) in [6.07, 6.45) is 4.58. The molecule has 2 N–H and O–H groups in total. The van der Waals surface area contributed by atoms with E-state index in [0.29, 0.717) is 0 Å². The molecule has 0 aliphatic carbocycles. The normalized spacial score (nSPS) is 13.4. The Kier molecular flexibility index (Phi) is 23.0. The summed E-state index contributed by atoms with van der Waals surface area (Å²) in [7, 11) is 3.87. The first-order chi connectivity index (χ1) is 9.33. The molecule has 0 rings (SSSR count). The van der Waals surface area contributed by atoms with Gasteiger partial charge in [-0.2, -0.15) is 0 Å². The van der Waals surface area contributed by atoms with Crippen LogP contribution in [0.1, 0.15) is 53.4 Å². The first-order valence-corrected chi connectivity index (χ1v) is 8.06. The van der Waals surface area contributed by atoms with E-state index < -0.39 is 0 Å². The smallest absolute Gasteiger partial charge is 0.0639 e. The molecule has 0 aliphatic heterocycles. The molecule has 1 radical (unpaired) electrons. The van der Waals surface area contributed by atoms with Crippen LogP contribution in [0.5, 0.6) is 0 Å². The average Bonchev–Trinajstić information content (AvgIpc) is 2.31. The summed E-state index contributed by atoms with van der Waals surface area (Å²) in [5.74, 6) is 0. The molecule has 0 amide bonds. The maximum absolute atomic E-state index is 9.28.